The van der Waals surface area contributed by atoms with Crippen molar-refractivity contribution in [3.8, 4) is 11.1 Å². The molecule has 0 unspecified atom stereocenters. The molecular weight excluding hydrogens is 336 g/mol. The molecule has 3 heterocycles. The second-order valence-corrected chi connectivity index (χ2v) is 6.63. The van der Waals surface area contributed by atoms with Crippen molar-refractivity contribution in [2.75, 3.05) is 6.61 Å². The molecule has 7 nitrogen and oxygen atoms in total. The number of rotatable bonds is 5. The molecule has 1 aliphatic rings. The number of aryl methyl sites for hydroxylation is 1. The zero-order valence-corrected chi connectivity index (χ0v) is 15.0. The molecule has 1 fully saturated rings. The van der Waals surface area contributed by atoms with Gasteiger partial charge in [0.25, 0.3) is 0 Å². The van der Waals surface area contributed by atoms with Gasteiger partial charge in [0.15, 0.2) is 37.6 Å². The Morgan fingerprint density at radius 3 is 2.12 bits per heavy atom. The fraction of sp³-hybridized carbons (Fsp3) is 0.474. The van der Waals surface area contributed by atoms with Crippen molar-refractivity contribution in [3.63, 3.8) is 0 Å². The number of ether oxygens (including phenoxy) is 2. The van der Waals surface area contributed by atoms with Gasteiger partial charge in [0.05, 0.1) is 6.10 Å². The summed E-state index contributed by atoms with van der Waals surface area (Å²) < 4.78 is 14.9. The zero-order chi connectivity index (χ0) is 18.7. The Morgan fingerprint density at radius 2 is 1.50 bits per heavy atom. The highest BCUT2D eigenvalue weighted by molar-refractivity contribution is 5.60. The molecule has 1 aliphatic heterocycles. The number of hydrogen-bond donors (Lipinski definition) is 3. The Kier molecular flexibility index (Phi) is 5.95. The van der Waals surface area contributed by atoms with E-state index in [1.165, 1.54) is 0 Å². The van der Waals surface area contributed by atoms with Crippen molar-refractivity contribution >= 4 is 0 Å². The molecule has 0 saturated carbocycles. The Labute approximate surface area is 152 Å². The van der Waals surface area contributed by atoms with Crippen LogP contribution in [0.25, 0.3) is 11.1 Å². The lowest BCUT2D eigenvalue weighted by atomic mass is 10.0. The molecule has 0 radical (unpaired) electrons. The third-order valence-electron chi connectivity index (χ3n) is 4.64. The van der Waals surface area contributed by atoms with Gasteiger partial charge in [0.1, 0.15) is 32.0 Å². The van der Waals surface area contributed by atoms with Crippen LogP contribution in [0.2, 0.25) is 0 Å². The number of aromatic nitrogens is 2. The van der Waals surface area contributed by atoms with E-state index in [2.05, 4.69) is 12.1 Å². The third kappa shape index (κ3) is 4.25. The van der Waals surface area contributed by atoms with Gasteiger partial charge in [-0.2, -0.15) is 0 Å². The predicted octanol–water partition coefficient (Wildman–Crippen LogP) is -0.690. The molecule has 0 amide bonds. The van der Waals surface area contributed by atoms with E-state index in [-0.39, 0.29) is 0 Å². The summed E-state index contributed by atoms with van der Waals surface area (Å²) in [6, 6.07) is 8.18. The van der Waals surface area contributed by atoms with E-state index in [0.717, 1.165) is 11.1 Å². The van der Waals surface area contributed by atoms with Gasteiger partial charge < -0.3 is 24.8 Å². The maximum absolute atomic E-state index is 9.94. The summed E-state index contributed by atoms with van der Waals surface area (Å²) in [6.45, 7) is 2.51. The molecular formula is C19H26N2O5+2. The first-order valence-corrected chi connectivity index (χ1v) is 8.72. The monoisotopic (exact) mass is 362 g/mol. The van der Waals surface area contributed by atoms with Gasteiger partial charge in [0, 0.05) is 24.3 Å². The van der Waals surface area contributed by atoms with Crippen LogP contribution in [-0.2, 0) is 23.1 Å². The van der Waals surface area contributed by atoms with E-state index in [1.54, 1.807) is 6.92 Å². The van der Waals surface area contributed by atoms with Gasteiger partial charge in [-0.1, -0.05) is 0 Å². The Hall–Kier alpha value is -1.90. The summed E-state index contributed by atoms with van der Waals surface area (Å²) in [5, 5.41) is 29.4. The lowest BCUT2D eigenvalue weighted by Gasteiger charge is -2.38. The molecule has 26 heavy (non-hydrogen) atoms. The van der Waals surface area contributed by atoms with Gasteiger partial charge in [-0.3, -0.25) is 0 Å². The fourth-order valence-corrected chi connectivity index (χ4v) is 2.92. The van der Waals surface area contributed by atoms with Crippen LogP contribution >= 0.6 is 0 Å². The van der Waals surface area contributed by atoms with Gasteiger partial charge >= 0.3 is 0 Å². The van der Waals surface area contributed by atoms with Crippen molar-refractivity contribution in [2.24, 2.45) is 7.05 Å². The van der Waals surface area contributed by atoms with Crippen LogP contribution in [0.5, 0.6) is 0 Å². The number of hydrogen-bond acceptors (Lipinski definition) is 5. The van der Waals surface area contributed by atoms with E-state index in [4.69, 9.17) is 9.47 Å². The molecule has 2 aromatic rings. The summed E-state index contributed by atoms with van der Waals surface area (Å²) in [7, 11) is 1.98. The number of aliphatic hydroxyl groups is 3. The summed E-state index contributed by atoms with van der Waals surface area (Å²) in [4.78, 5) is 0. The molecule has 1 saturated heterocycles. The number of aliphatic hydroxyl groups excluding tert-OH is 3. The molecule has 0 aliphatic carbocycles. The zero-order valence-electron chi connectivity index (χ0n) is 15.0. The smallest absolute Gasteiger partial charge is 0.186 e. The number of pyridine rings is 2. The van der Waals surface area contributed by atoms with Crippen LogP contribution in [0.4, 0.5) is 0 Å². The van der Waals surface area contributed by atoms with E-state index >= 15 is 0 Å². The van der Waals surface area contributed by atoms with E-state index in [0.29, 0.717) is 13.2 Å². The van der Waals surface area contributed by atoms with Gasteiger partial charge in [0.2, 0.25) is 0 Å². The molecule has 5 atom stereocenters. The SMILES string of the molecule is C[C@@H]1O[C@@H](OCC[n+]2ccc(-c3cc[n+](C)cc3)cc2)[C@H](O)[C@H](O)[C@H]1O. The minimum absolute atomic E-state index is 0.308. The molecule has 0 spiro atoms. The maximum Gasteiger partial charge on any atom is 0.186 e. The average molecular weight is 362 g/mol. The van der Waals surface area contributed by atoms with Crippen LogP contribution < -0.4 is 9.13 Å². The number of nitrogens with zero attached hydrogens (tertiary/aromatic N) is 2. The lowest BCUT2D eigenvalue weighted by Crippen LogP contribution is -2.57. The molecule has 140 valence electrons. The first-order valence-electron chi connectivity index (χ1n) is 8.72. The van der Waals surface area contributed by atoms with Crippen molar-refractivity contribution in [1.29, 1.82) is 0 Å². The van der Waals surface area contributed by atoms with Gasteiger partial charge in [-0.15, -0.1) is 0 Å². The molecule has 7 heteroatoms. The third-order valence-corrected chi connectivity index (χ3v) is 4.64. The highest BCUT2D eigenvalue weighted by Crippen LogP contribution is 2.21. The molecule has 3 rings (SSSR count). The summed E-state index contributed by atoms with van der Waals surface area (Å²) in [5.41, 5.74) is 2.27. The molecule has 2 aromatic heterocycles. The molecule has 0 aromatic carbocycles. The average Bonchev–Trinajstić information content (AvgIpc) is 2.65. The van der Waals surface area contributed by atoms with Crippen LogP contribution in [-0.4, -0.2) is 52.6 Å². The van der Waals surface area contributed by atoms with Crippen molar-refractivity contribution in [2.45, 2.75) is 44.2 Å². The van der Waals surface area contributed by atoms with Crippen LogP contribution in [0, 0.1) is 0 Å². The van der Waals surface area contributed by atoms with E-state index < -0.39 is 30.7 Å². The minimum atomic E-state index is -1.27. The highest BCUT2D eigenvalue weighted by Gasteiger charge is 2.42. The van der Waals surface area contributed by atoms with E-state index in [1.807, 2.05) is 53.1 Å². The topological polar surface area (TPSA) is 86.9 Å². The second-order valence-electron chi connectivity index (χ2n) is 6.63. The van der Waals surface area contributed by atoms with E-state index in [9.17, 15) is 15.3 Å². The van der Waals surface area contributed by atoms with Crippen molar-refractivity contribution < 1.29 is 33.9 Å². The predicted molar refractivity (Wildman–Crippen MR) is 91.6 cm³/mol. The normalized spacial score (nSPS) is 28.9. The van der Waals surface area contributed by atoms with Gasteiger partial charge in [-0.25, -0.2) is 9.13 Å². The summed E-state index contributed by atoms with van der Waals surface area (Å²) >= 11 is 0. The molecule has 0 bridgehead atoms. The quantitative estimate of drug-likeness (QED) is 0.613. The second kappa shape index (κ2) is 8.20. The first-order chi connectivity index (χ1) is 12.5. The standard InChI is InChI=1S/C19H26N2O5/c1-13-16(22)17(23)18(24)19(26-13)25-12-11-21-9-5-15(6-10-21)14-3-7-20(2)8-4-14/h3-10,13,16-19,22-24H,11-12H2,1-2H3/q+2/t13-,16-,17+,18+,19+/m0/s1. The van der Waals surface area contributed by atoms with Crippen LogP contribution in [0.15, 0.2) is 49.1 Å². The van der Waals surface area contributed by atoms with Crippen LogP contribution in [0.3, 0.4) is 0 Å². The first kappa shape index (κ1) is 18.9. The van der Waals surface area contributed by atoms with Crippen LogP contribution in [0.1, 0.15) is 6.92 Å². The Bertz CT molecular complexity index is 707. The largest absolute Gasteiger partial charge is 0.388 e. The lowest BCUT2D eigenvalue weighted by molar-refractivity contribution is -0.699. The Morgan fingerprint density at radius 1 is 0.923 bits per heavy atom. The molecule has 3 N–H and O–H groups in total. The fourth-order valence-electron chi connectivity index (χ4n) is 2.92. The maximum atomic E-state index is 9.94. The minimum Gasteiger partial charge on any atom is -0.388 e. The summed E-state index contributed by atoms with van der Waals surface area (Å²) in [5.74, 6) is 0. The van der Waals surface area contributed by atoms with Crippen molar-refractivity contribution in [3.05, 3.63) is 49.1 Å². The van der Waals surface area contributed by atoms with Gasteiger partial charge in [-0.05, 0) is 18.1 Å². The van der Waals surface area contributed by atoms with Crippen molar-refractivity contribution in [1.82, 2.24) is 0 Å². The highest BCUT2D eigenvalue weighted by atomic mass is 16.7. The summed E-state index contributed by atoms with van der Waals surface area (Å²) in [6.07, 6.45) is 2.73. The Balaban J connectivity index is 1.53.